The van der Waals surface area contributed by atoms with Gasteiger partial charge in [0.2, 0.25) is 11.9 Å². The number of pyridine rings is 1. The first-order valence-electron chi connectivity index (χ1n) is 12.2. The average molecular weight is 533 g/mol. The molecule has 2 aliphatic carbocycles. The van der Waals surface area contributed by atoms with E-state index in [-0.39, 0.29) is 16.5 Å². The van der Waals surface area contributed by atoms with Crippen LogP contribution < -0.4 is 5.32 Å². The van der Waals surface area contributed by atoms with Crippen LogP contribution >= 0.6 is 11.6 Å². The summed E-state index contributed by atoms with van der Waals surface area (Å²) in [5, 5.41) is 20.0. The normalized spacial score (nSPS) is 21.5. The number of nitrogens with one attached hydrogen (secondary N) is 1. The minimum absolute atomic E-state index is 0.0162. The highest BCUT2D eigenvalue weighted by Gasteiger charge is 2.49. The second kappa shape index (κ2) is 7.90. The standard InChI is InChI=1S/C25H22ClFN10O/c1-24(3-4-24)35-13-14(10-32-35)25(2)9-16(17-12-28-20-8-19(27)34-36(20)21(17)25)23(38)33-15-7-18(26)22(29-11-15)37-30-5-6-31-37/h5-8,10-13,16H,3-4,9H2,1-2H3,(H,33,38)/t16-,25-/m1/s1. The molecular formula is C25H22ClFN10O. The third-order valence-electron chi connectivity index (χ3n) is 7.75. The van der Waals surface area contributed by atoms with Crippen molar-refractivity contribution in [2.24, 2.45) is 0 Å². The minimum Gasteiger partial charge on any atom is -0.324 e. The number of fused-ring (bicyclic) bond motifs is 3. The number of carbonyl (C=O) groups excluding carboxylic acids is 1. The summed E-state index contributed by atoms with van der Waals surface area (Å²) >= 11 is 6.40. The smallest absolute Gasteiger partial charge is 0.235 e. The summed E-state index contributed by atoms with van der Waals surface area (Å²) in [7, 11) is 0. The van der Waals surface area contributed by atoms with Gasteiger partial charge < -0.3 is 5.32 Å². The molecule has 1 amide bonds. The summed E-state index contributed by atoms with van der Waals surface area (Å²) in [5.41, 5.74) is 2.51. The summed E-state index contributed by atoms with van der Waals surface area (Å²) < 4.78 is 17.7. The van der Waals surface area contributed by atoms with Crippen LogP contribution in [0.4, 0.5) is 10.1 Å². The highest BCUT2D eigenvalue weighted by atomic mass is 35.5. The summed E-state index contributed by atoms with van der Waals surface area (Å²) in [4.78, 5) is 23.7. The van der Waals surface area contributed by atoms with Gasteiger partial charge in [0.05, 0.1) is 52.6 Å². The highest BCUT2D eigenvalue weighted by molar-refractivity contribution is 6.32. The predicted octanol–water partition coefficient (Wildman–Crippen LogP) is 3.64. The molecule has 0 spiro atoms. The van der Waals surface area contributed by atoms with Crippen LogP contribution in [0.15, 0.2) is 49.3 Å². The van der Waals surface area contributed by atoms with E-state index in [1.807, 2.05) is 24.0 Å². The van der Waals surface area contributed by atoms with Gasteiger partial charge in [-0.15, -0.1) is 9.90 Å². The average Bonchev–Trinajstić information content (AvgIpc) is 3.40. The SMILES string of the molecule is CC1(n2cc([C@@]3(C)C[C@@H](C(=O)Nc4cnc(-n5nccn5)c(Cl)c4)c4cnc5cc(F)nn5c43)cn2)CC1. The number of amides is 1. The van der Waals surface area contributed by atoms with Crippen LogP contribution in [0.1, 0.15) is 55.8 Å². The second-order valence-electron chi connectivity index (χ2n) is 10.4. The van der Waals surface area contributed by atoms with Crippen LogP contribution in [0, 0.1) is 5.95 Å². The van der Waals surface area contributed by atoms with Gasteiger partial charge in [0.25, 0.3) is 0 Å². The summed E-state index contributed by atoms with van der Waals surface area (Å²) in [6.45, 7) is 4.21. The lowest BCUT2D eigenvalue weighted by molar-refractivity contribution is -0.117. The summed E-state index contributed by atoms with van der Waals surface area (Å²) in [5.74, 6) is -1.12. The fraction of sp³-hybridized carbons (Fsp3) is 0.320. The molecular weight excluding hydrogens is 511 g/mol. The lowest BCUT2D eigenvalue weighted by Crippen LogP contribution is -2.25. The fourth-order valence-corrected chi connectivity index (χ4v) is 5.59. The molecule has 0 aliphatic heterocycles. The van der Waals surface area contributed by atoms with Crippen molar-refractivity contribution in [2.75, 3.05) is 5.32 Å². The van der Waals surface area contributed by atoms with Crippen molar-refractivity contribution in [3.05, 3.63) is 77.1 Å². The third-order valence-corrected chi connectivity index (χ3v) is 8.03. The van der Waals surface area contributed by atoms with Gasteiger partial charge in [-0.05, 0) is 39.2 Å². The van der Waals surface area contributed by atoms with Gasteiger partial charge in [-0.1, -0.05) is 11.6 Å². The van der Waals surface area contributed by atoms with E-state index in [9.17, 15) is 9.18 Å². The number of nitrogens with zero attached hydrogens (tertiary/aromatic N) is 9. The Kier molecular flexibility index (Phi) is 4.78. The van der Waals surface area contributed by atoms with Crippen molar-refractivity contribution >= 4 is 28.8 Å². The fourth-order valence-electron chi connectivity index (χ4n) is 5.34. The maximum absolute atomic E-state index is 14.2. The molecule has 11 nitrogen and oxygen atoms in total. The van der Waals surface area contributed by atoms with Crippen LogP contribution in [0.2, 0.25) is 5.02 Å². The Morgan fingerprint density at radius 3 is 2.63 bits per heavy atom. The van der Waals surface area contributed by atoms with E-state index < -0.39 is 17.3 Å². The van der Waals surface area contributed by atoms with E-state index >= 15 is 0 Å². The molecule has 0 saturated heterocycles. The number of anilines is 1. The Labute approximate surface area is 220 Å². The molecule has 5 aromatic heterocycles. The van der Waals surface area contributed by atoms with Gasteiger partial charge in [0.1, 0.15) is 0 Å². The number of halogens is 2. The van der Waals surface area contributed by atoms with Crippen LogP contribution in [0.3, 0.4) is 0 Å². The number of aromatic nitrogens is 9. The van der Waals surface area contributed by atoms with Gasteiger partial charge in [-0.2, -0.15) is 19.7 Å². The Hall–Kier alpha value is -4.19. The first kappa shape index (κ1) is 23.0. The molecule has 1 fully saturated rings. The molecule has 13 heteroatoms. The molecule has 192 valence electrons. The molecule has 2 aliphatic rings. The van der Waals surface area contributed by atoms with Gasteiger partial charge in [-0.25, -0.2) is 14.5 Å². The maximum Gasteiger partial charge on any atom is 0.235 e. The van der Waals surface area contributed by atoms with Crippen molar-refractivity contribution in [3.8, 4) is 5.82 Å². The summed E-state index contributed by atoms with van der Waals surface area (Å²) in [6, 6.07) is 2.89. The molecule has 5 heterocycles. The quantitative estimate of drug-likeness (QED) is 0.367. The number of hydrogen-bond donors (Lipinski definition) is 1. The van der Waals surface area contributed by atoms with Crippen LogP contribution in [0.25, 0.3) is 11.5 Å². The van der Waals surface area contributed by atoms with Crippen molar-refractivity contribution < 1.29 is 9.18 Å². The Morgan fingerprint density at radius 1 is 1.11 bits per heavy atom. The molecule has 1 N–H and O–H groups in total. The van der Waals surface area contributed by atoms with Gasteiger partial charge in [-0.3, -0.25) is 9.48 Å². The predicted molar refractivity (Wildman–Crippen MR) is 135 cm³/mol. The van der Waals surface area contributed by atoms with Crippen molar-refractivity contribution in [1.29, 1.82) is 0 Å². The van der Waals surface area contributed by atoms with Crippen LogP contribution in [-0.4, -0.2) is 50.3 Å². The maximum atomic E-state index is 14.2. The van der Waals surface area contributed by atoms with E-state index in [4.69, 9.17) is 11.6 Å². The lowest BCUT2D eigenvalue weighted by atomic mass is 9.80. The Morgan fingerprint density at radius 2 is 1.89 bits per heavy atom. The van der Waals surface area contributed by atoms with Gasteiger partial charge in [0.15, 0.2) is 11.5 Å². The van der Waals surface area contributed by atoms with Crippen molar-refractivity contribution in [2.45, 2.75) is 50.0 Å². The minimum atomic E-state index is -0.661. The molecule has 1 saturated carbocycles. The Balaban J connectivity index is 1.26. The molecule has 5 aromatic rings. The highest BCUT2D eigenvalue weighted by Crippen LogP contribution is 2.51. The molecule has 7 rings (SSSR count). The molecule has 0 unspecified atom stereocenters. The van der Waals surface area contributed by atoms with E-state index in [0.717, 1.165) is 24.1 Å². The first-order chi connectivity index (χ1) is 18.2. The molecule has 38 heavy (non-hydrogen) atoms. The topological polar surface area (TPSA) is 121 Å². The second-order valence-corrected chi connectivity index (χ2v) is 10.8. The largest absolute Gasteiger partial charge is 0.324 e. The zero-order chi connectivity index (χ0) is 26.2. The van der Waals surface area contributed by atoms with E-state index in [1.54, 1.807) is 12.3 Å². The van der Waals surface area contributed by atoms with E-state index in [1.165, 1.54) is 34.0 Å². The zero-order valence-electron chi connectivity index (χ0n) is 20.5. The van der Waals surface area contributed by atoms with E-state index in [2.05, 4.69) is 42.6 Å². The first-order valence-corrected chi connectivity index (χ1v) is 12.6. The Bertz CT molecular complexity index is 1720. The van der Waals surface area contributed by atoms with Crippen LogP contribution in [0.5, 0.6) is 0 Å². The molecule has 0 bridgehead atoms. The lowest BCUT2D eigenvalue weighted by Gasteiger charge is -2.25. The number of carbonyl (C=O) groups is 1. The molecule has 2 atom stereocenters. The van der Waals surface area contributed by atoms with Crippen molar-refractivity contribution in [3.63, 3.8) is 0 Å². The number of hydrogen-bond acceptors (Lipinski definition) is 7. The van der Waals surface area contributed by atoms with Crippen LogP contribution in [-0.2, 0) is 15.7 Å². The monoisotopic (exact) mass is 532 g/mol. The van der Waals surface area contributed by atoms with Gasteiger partial charge in [0, 0.05) is 35.0 Å². The third kappa shape index (κ3) is 3.43. The van der Waals surface area contributed by atoms with Crippen molar-refractivity contribution in [1.82, 2.24) is 44.4 Å². The van der Waals surface area contributed by atoms with E-state index in [0.29, 0.717) is 29.1 Å². The zero-order valence-corrected chi connectivity index (χ0v) is 21.3. The molecule has 0 radical (unpaired) electrons. The summed E-state index contributed by atoms with van der Waals surface area (Å²) in [6.07, 6.45) is 12.6. The number of rotatable bonds is 5. The van der Waals surface area contributed by atoms with Gasteiger partial charge >= 0.3 is 0 Å². The molecule has 0 aromatic carbocycles.